The minimum absolute atomic E-state index is 0.0703. The molecule has 0 radical (unpaired) electrons. The Morgan fingerprint density at radius 1 is 1.07 bits per heavy atom. The molecule has 3 aromatic rings. The van der Waals surface area contributed by atoms with Gasteiger partial charge in [0.25, 0.3) is 0 Å². The number of nitrogens with zero attached hydrogens (tertiary/aromatic N) is 4. The molecule has 2 saturated heterocycles. The molecule has 2 aromatic heterocycles. The van der Waals surface area contributed by atoms with Crippen LogP contribution in [0.1, 0.15) is 18.2 Å². The second kappa shape index (κ2) is 14.8. The van der Waals surface area contributed by atoms with Crippen molar-refractivity contribution in [3.05, 3.63) is 42.2 Å². The summed E-state index contributed by atoms with van der Waals surface area (Å²) in [6.07, 6.45) is -6.39. The van der Waals surface area contributed by atoms with Crippen molar-refractivity contribution in [1.82, 2.24) is 19.5 Å². The van der Waals surface area contributed by atoms with E-state index in [0.29, 0.717) is 30.1 Å². The number of hydrogen-bond acceptors (Lipinski definition) is 13. The third kappa shape index (κ3) is 9.42. The number of alkyl halides is 3. The van der Waals surface area contributed by atoms with E-state index in [4.69, 9.17) is 28.5 Å². The molecular formula is C24H30F3N5O10P2S2. The van der Waals surface area contributed by atoms with Gasteiger partial charge in [-0.2, -0.15) is 29.2 Å². The highest BCUT2D eigenvalue weighted by Crippen LogP contribution is 2.58. The summed E-state index contributed by atoms with van der Waals surface area (Å²) in [6, 6.07) is 9.30. The molecule has 15 nitrogen and oxygen atoms in total. The highest BCUT2D eigenvalue weighted by Gasteiger charge is 2.54. The maximum atomic E-state index is 12.8. The number of nitrogens with one attached hydrogen (secondary N) is 1. The third-order valence-electron chi connectivity index (χ3n) is 6.65. The number of thioether (sulfide) groups is 2. The van der Waals surface area contributed by atoms with Gasteiger partial charge in [-0.15, -0.1) is 0 Å². The molecule has 2 aliphatic heterocycles. The van der Waals surface area contributed by atoms with Crippen molar-refractivity contribution >= 4 is 56.2 Å². The Balaban J connectivity index is 1.44. The average molecular weight is 732 g/mol. The van der Waals surface area contributed by atoms with Crippen molar-refractivity contribution in [2.24, 2.45) is 0 Å². The zero-order valence-corrected chi connectivity index (χ0v) is 27.3. The highest BCUT2D eigenvalue weighted by atomic mass is 32.2. The average Bonchev–Trinajstić information content (AvgIpc) is 3.64. The number of fused-ring (bicyclic) bond motifs is 2. The van der Waals surface area contributed by atoms with E-state index in [9.17, 15) is 27.2 Å². The summed E-state index contributed by atoms with van der Waals surface area (Å²) in [6.45, 7) is -0.193. The van der Waals surface area contributed by atoms with Crippen LogP contribution in [0.3, 0.4) is 0 Å². The Kier molecular flexibility index (Phi) is 11.4. The predicted octanol–water partition coefficient (Wildman–Crippen LogP) is 4.12. The van der Waals surface area contributed by atoms with Crippen LogP contribution in [-0.4, -0.2) is 95.9 Å². The van der Waals surface area contributed by atoms with E-state index in [2.05, 4.69) is 24.6 Å². The maximum Gasteiger partial charge on any atom is 0.481 e. The number of hydrogen-bond donors (Lipinski definition) is 4. The molecule has 0 spiro atoms. The molecule has 22 heteroatoms. The van der Waals surface area contributed by atoms with Crippen LogP contribution in [0.4, 0.5) is 19.0 Å². The zero-order chi connectivity index (χ0) is 33.1. The van der Waals surface area contributed by atoms with Crippen LogP contribution < -0.4 is 5.32 Å². The van der Waals surface area contributed by atoms with Crippen molar-refractivity contribution in [2.75, 3.05) is 36.2 Å². The van der Waals surface area contributed by atoms with Crippen LogP contribution >= 0.6 is 39.2 Å². The minimum Gasteiger partial charge on any atom is -0.367 e. The number of aromatic nitrogens is 4. The number of anilines is 1. The third-order valence-corrected chi connectivity index (χ3v) is 10.3. The van der Waals surface area contributed by atoms with Crippen LogP contribution in [0.2, 0.25) is 0 Å². The second-order valence-corrected chi connectivity index (χ2v) is 14.9. The second-order valence-electron chi connectivity index (χ2n) is 10.0. The van der Waals surface area contributed by atoms with Crippen molar-refractivity contribution < 1.29 is 60.0 Å². The van der Waals surface area contributed by atoms with E-state index in [1.54, 1.807) is 11.8 Å². The normalized spacial score (nSPS) is 24.7. The smallest absolute Gasteiger partial charge is 0.367 e. The summed E-state index contributed by atoms with van der Waals surface area (Å²) in [4.78, 5) is 41.1. The molecule has 0 saturated carbocycles. The van der Waals surface area contributed by atoms with Gasteiger partial charge in [0, 0.05) is 24.5 Å². The number of imidazole rings is 1. The van der Waals surface area contributed by atoms with E-state index >= 15 is 0 Å². The molecule has 3 unspecified atom stereocenters. The van der Waals surface area contributed by atoms with Crippen LogP contribution in [0.25, 0.3) is 11.2 Å². The standard InChI is InChI=1S/C24H30F3N5O10P2S2/c1-45-10-8-28-20-17-21(31-23(30-20)46-9-7-24(25,26)27)32(13-29-17)22-19-18(40-16(41-19)11-14-5-3-2-4-6-14)15(39-22)12-38-44(36,37)42-43(33,34)35/h2-6,13,15-16,18-19,22H,7-12H2,1H3,(H,36,37)(H,28,30,31)(H2,33,34,35)/t15?,16?,18-,19-,22-/m1/s1. The van der Waals surface area contributed by atoms with Gasteiger partial charge in [-0.05, 0) is 11.8 Å². The minimum atomic E-state index is -5.37. The number of halogens is 3. The van der Waals surface area contributed by atoms with E-state index in [0.717, 1.165) is 17.3 Å². The Bertz CT molecular complexity index is 1590. The summed E-state index contributed by atoms with van der Waals surface area (Å²) in [7, 11) is -10.6. The summed E-state index contributed by atoms with van der Waals surface area (Å²) in [5.74, 6) is 0.713. The lowest BCUT2D eigenvalue weighted by molar-refractivity contribution is -0.149. The molecule has 6 atom stereocenters. The molecule has 2 fully saturated rings. The predicted molar refractivity (Wildman–Crippen MR) is 160 cm³/mol. The molecule has 4 heterocycles. The summed E-state index contributed by atoms with van der Waals surface area (Å²) in [5.41, 5.74) is 1.43. The fourth-order valence-corrected chi connectivity index (χ4v) is 7.51. The summed E-state index contributed by atoms with van der Waals surface area (Å²) in [5, 5.41) is 3.22. The fourth-order valence-electron chi connectivity index (χ4n) is 4.79. The van der Waals surface area contributed by atoms with E-state index < -0.39 is 65.7 Å². The van der Waals surface area contributed by atoms with E-state index in [-0.39, 0.29) is 16.6 Å². The monoisotopic (exact) mass is 731 g/mol. The van der Waals surface area contributed by atoms with E-state index in [1.165, 1.54) is 10.9 Å². The molecule has 5 rings (SSSR count). The topological polar surface area (TPSA) is 197 Å². The van der Waals surface area contributed by atoms with Crippen LogP contribution in [-0.2, 0) is 38.6 Å². The summed E-state index contributed by atoms with van der Waals surface area (Å²) >= 11 is 2.40. The molecule has 4 N–H and O–H groups in total. The van der Waals surface area contributed by atoms with Crippen LogP contribution in [0.15, 0.2) is 41.8 Å². The van der Waals surface area contributed by atoms with Crippen molar-refractivity contribution in [1.29, 1.82) is 0 Å². The first kappa shape index (κ1) is 35.5. The van der Waals surface area contributed by atoms with Gasteiger partial charge in [0.1, 0.15) is 18.3 Å². The molecule has 46 heavy (non-hydrogen) atoms. The maximum absolute atomic E-state index is 12.8. The van der Waals surface area contributed by atoms with Gasteiger partial charge in [-0.1, -0.05) is 42.1 Å². The zero-order valence-electron chi connectivity index (χ0n) is 23.9. The first-order chi connectivity index (χ1) is 21.7. The molecule has 2 aliphatic rings. The molecule has 1 aromatic carbocycles. The number of phosphoric ester groups is 1. The molecule has 254 valence electrons. The van der Waals surface area contributed by atoms with Crippen molar-refractivity contribution in [3.63, 3.8) is 0 Å². The van der Waals surface area contributed by atoms with E-state index in [1.807, 2.05) is 36.6 Å². The van der Waals surface area contributed by atoms with Gasteiger partial charge < -0.3 is 34.2 Å². The van der Waals surface area contributed by atoms with Crippen LogP contribution in [0, 0.1) is 0 Å². The SMILES string of the molecule is CSCCNc1nc(SCCC(F)(F)F)nc2c1ncn2[C@@H]1OC(COP(=O)(O)OP(=O)(O)O)[C@H]2OC(Cc3ccccc3)O[C@H]21. The lowest BCUT2D eigenvalue weighted by Crippen LogP contribution is -2.31. The number of rotatable bonds is 15. The molecule has 0 amide bonds. The molecular weight excluding hydrogens is 701 g/mol. The van der Waals surface area contributed by atoms with Gasteiger partial charge >= 0.3 is 21.8 Å². The first-order valence-electron chi connectivity index (χ1n) is 13.6. The summed E-state index contributed by atoms with van der Waals surface area (Å²) < 4.78 is 90.6. The number of ether oxygens (including phenoxy) is 3. The molecule has 0 bridgehead atoms. The number of phosphoric acid groups is 2. The number of benzene rings is 1. The first-order valence-corrected chi connectivity index (χ1v) is 19.0. The fraction of sp³-hybridized carbons (Fsp3) is 0.542. The Morgan fingerprint density at radius 2 is 1.80 bits per heavy atom. The largest absolute Gasteiger partial charge is 0.481 e. The van der Waals surface area contributed by atoms with Gasteiger partial charge in [0.05, 0.1) is 19.4 Å². The van der Waals surface area contributed by atoms with Gasteiger partial charge in [0.15, 0.2) is 34.7 Å². The van der Waals surface area contributed by atoms with Gasteiger partial charge in [0.2, 0.25) is 0 Å². The van der Waals surface area contributed by atoms with Gasteiger partial charge in [-0.25, -0.2) is 24.1 Å². The van der Waals surface area contributed by atoms with Crippen molar-refractivity contribution in [2.45, 2.75) is 55.0 Å². The molecule has 0 aliphatic carbocycles. The van der Waals surface area contributed by atoms with Crippen molar-refractivity contribution in [3.8, 4) is 0 Å². The Hall–Kier alpha value is -1.80. The Morgan fingerprint density at radius 3 is 2.50 bits per heavy atom. The Labute approximate surface area is 268 Å². The quantitative estimate of drug-likeness (QED) is 0.0753. The highest BCUT2D eigenvalue weighted by molar-refractivity contribution is 7.99. The lowest BCUT2D eigenvalue weighted by Gasteiger charge is -2.22. The van der Waals surface area contributed by atoms with Crippen LogP contribution in [0.5, 0.6) is 0 Å². The van der Waals surface area contributed by atoms with Gasteiger partial charge in [-0.3, -0.25) is 9.09 Å². The lowest BCUT2D eigenvalue weighted by atomic mass is 10.1.